The first-order chi connectivity index (χ1) is 3.81. The Balaban J connectivity index is 3.16. The largest absolute Gasteiger partial charge is 0.403 e. The van der Waals surface area contributed by atoms with E-state index in [4.69, 9.17) is 5.11 Å². The van der Waals surface area contributed by atoms with Gasteiger partial charge < -0.3 is 14.6 Å². The molecule has 0 unspecified atom stereocenters. The van der Waals surface area contributed by atoms with E-state index in [0.717, 1.165) is 0 Å². The Bertz CT molecular complexity index is 69.7. The van der Waals surface area contributed by atoms with Gasteiger partial charge in [-0.2, -0.15) is 0 Å². The number of ether oxygens (including phenoxy) is 2. The fourth-order valence-electron chi connectivity index (χ4n) is 0.127. The number of carbonyl (C=O) groups excluding carboxylic acids is 2. The summed E-state index contributed by atoms with van der Waals surface area (Å²) in [5.41, 5.74) is 0. The van der Waals surface area contributed by atoms with Crippen molar-refractivity contribution in [2.75, 3.05) is 0 Å². The predicted molar refractivity (Wildman–Crippen MR) is 20.3 cm³/mol. The van der Waals surface area contributed by atoms with Gasteiger partial charge in [0.2, 0.25) is 0 Å². The summed E-state index contributed by atoms with van der Waals surface area (Å²) in [7, 11) is 0. The van der Waals surface area contributed by atoms with Crippen LogP contribution in [0.5, 0.6) is 0 Å². The van der Waals surface area contributed by atoms with Crippen molar-refractivity contribution in [3.63, 3.8) is 0 Å². The maximum absolute atomic E-state index is 9.31. The SMILES string of the molecule is O=COC(O)OC=O. The molecule has 0 saturated carbocycles. The molecule has 0 heterocycles. The Labute approximate surface area is 44.8 Å². The third-order valence-corrected chi connectivity index (χ3v) is 0.344. The summed E-state index contributed by atoms with van der Waals surface area (Å²) < 4.78 is 7.41. The molecule has 0 aromatic heterocycles. The standard InChI is InChI=1S/C3H4O5/c4-1-7-3(6)8-2-5/h1-3,6H. The fourth-order valence-corrected chi connectivity index (χ4v) is 0.127. The predicted octanol–water partition coefficient (Wildman–Crippen LogP) is -1.39. The van der Waals surface area contributed by atoms with Crippen molar-refractivity contribution in [2.45, 2.75) is 6.48 Å². The molecule has 0 atom stereocenters. The van der Waals surface area contributed by atoms with E-state index in [1.54, 1.807) is 0 Å². The summed E-state index contributed by atoms with van der Waals surface area (Å²) in [4.78, 5) is 18.6. The average Bonchev–Trinajstić information content (AvgIpc) is 1.68. The Morgan fingerprint density at radius 2 is 1.62 bits per heavy atom. The lowest BCUT2D eigenvalue weighted by Gasteiger charge is -2.01. The molecular formula is C3H4O5. The summed E-state index contributed by atoms with van der Waals surface area (Å²) in [6.45, 7) is -1.84. The monoisotopic (exact) mass is 120 g/mol. The van der Waals surface area contributed by atoms with Gasteiger partial charge in [0.25, 0.3) is 12.9 Å². The number of rotatable bonds is 4. The molecule has 0 fully saturated rings. The summed E-state index contributed by atoms with van der Waals surface area (Å²) in [5.74, 6) is 0. The molecule has 0 rings (SSSR count). The normalized spacial score (nSPS) is 8.25. The third-order valence-electron chi connectivity index (χ3n) is 0.344. The molecule has 0 amide bonds. The number of aliphatic hydroxyl groups is 1. The molecule has 46 valence electrons. The van der Waals surface area contributed by atoms with E-state index in [0.29, 0.717) is 0 Å². The van der Waals surface area contributed by atoms with Gasteiger partial charge in [0, 0.05) is 0 Å². The zero-order chi connectivity index (χ0) is 6.41. The minimum absolute atomic E-state index is 0.0336. The molecule has 5 heteroatoms. The van der Waals surface area contributed by atoms with Crippen LogP contribution in [0.15, 0.2) is 0 Å². The highest BCUT2D eigenvalue weighted by Crippen LogP contribution is 1.80. The summed E-state index contributed by atoms with van der Waals surface area (Å²) >= 11 is 0. The van der Waals surface area contributed by atoms with E-state index in [2.05, 4.69) is 9.47 Å². The van der Waals surface area contributed by atoms with E-state index < -0.39 is 6.48 Å². The minimum Gasteiger partial charge on any atom is -0.403 e. The Hall–Kier alpha value is -1.10. The lowest BCUT2D eigenvalue weighted by Crippen LogP contribution is -2.13. The van der Waals surface area contributed by atoms with Crippen LogP contribution in [-0.2, 0) is 19.1 Å². The molecule has 1 N–H and O–H groups in total. The Morgan fingerprint density at radius 3 is 1.88 bits per heavy atom. The molecular weight excluding hydrogens is 116 g/mol. The summed E-state index contributed by atoms with van der Waals surface area (Å²) in [5, 5.41) is 8.14. The molecule has 0 saturated heterocycles. The minimum atomic E-state index is -1.77. The van der Waals surface area contributed by atoms with Crippen LogP contribution in [0.1, 0.15) is 0 Å². The second-order valence-corrected chi connectivity index (χ2v) is 0.772. The third kappa shape index (κ3) is 3.10. The highest BCUT2D eigenvalue weighted by Gasteiger charge is 1.98. The van der Waals surface area contributed by atoms with Gasteiger partial charge in [0.1, 0.15) is 0 Å². The second-order valence-electron chi connectivity index (χ2n) is 0.772. The fraction of sp³-hybridized carbons (Fsp3) is 0.333. The maximum Gasteiger partial charge on any atom is 0.362 e. The molecule has 0 aromatic carbocycles. The van der Waals surface area contributed by atoms with Gasteiger partial charge in [-0.3, -0.25) is 9.59 Å². The highest BCUT2D eigenvalue weighted by atomic mass is 16.8. The lowest BCUT2D eigenvalue weighted by molar-refractivity contribution is -0.230. The molecule has 5 nitrogen and oxygen atoms in total. The molecule has 0 aliphatic rings. The van der Waals surface area contributed by atoms with Gasteiger partial charge in [-0.05, 0) is 0 Å². The van der Waals surface area contributed by atoms with Crippen molar-refractivity contribution in [3.8, 4) is 0 Å². The van der Waals surface area contributed by atoms with Crippen molar-refractivity contribution < 1.29 is 24.2 Å². The highest BCUT2D eigenvalue weighted by molar-refractivity contribution is 5.39. The molecule has 0 aliphatic carbocycles. The molecule has 0 aromatic rings. The van der Waals surface area contributed by atoms with Gasteiger partial charge >= 0.3 is 6.48 Å². The van der Waals surface area contributed by atoms with Crippen LogP contribution in [0.2, 0.25) is 0 Å². The van der Waals surface area contributed by atoms with Crippen LogP contribution < -0.4 is 0 Å². The average molecular weight is 120 g/mol. The van der Waals surface area contributed by atoms with Gasteiger partial charge in [-0.25, -0.2) is 0 Å². The van der Waals surface area contributed by atoms with Crippen LogP contribution in [0.25, 0.3) is 0 Å². The number of hydrogen-bond donors (Lipinski definition) is 1. The van der Waals surface area contributed by atoms with Crippen LogP contribution in [0, 0.1) is 0 Å². The zero-order valence-electron chi connectivity index (χ0n) is 3.81. The van der Waals surface area contributed by atoms with Crippen molar-refractivity contribution in [2.24, 2.45) is 0 Å². The van der Waals surface area contributed by atoms with Crippen molar-refractivity contribution in [1.29, 1.82) is 0 Å². The van der Waals surface area contributed by atoms with Gasteiger partial charge in [-0.15, -0.1) is 0 Å². The number of aliphatic hydroxyl groups excluding tert-OH is 1. The molecule has 8 heavy (non-hydrogen) atoms. The van der Waals surface area contributed by atoms with E-state index in [9.17, 15) is 9.59 Å². The van der Waals surface area contributed by atoms with E-state index in [1.807, 2.05) is 0 Å². The van der Waals surface area contributed by atoms with E-state index in [1.165, 1.54) is 0 Å². The van der Waals surface area contributed by atoms with Gasteiger partial charge in [-0.1, -0.05) is 0 Å². The van der Waals surface area contributed by atoms with Crippen LogP contribution in [-0.4, -0.2) is 24.5 Å². The number of hydrogen-bond acceptors (Lipinski definition) is 5. The summed E-state index contributed by atoms with van der Waals surface area (Å²) in [6.07, 6.45) is 0. The first-order valence-electron chi connectivity index (χ1n) is 1.67. The van der Waals surface area contributed by atoms with Crippen LogP contribution in [0.4, 0.5) is 0 Å². The maximum atomic E-state index is 9.31. The van der Waals surface area contributed by atoms with Crippen molar-refractivity contribution in [3.05, 3.63) is 0 Å². The quantitative estimate of drug-likeness (QED) is 0.365. The van der Waals surface area contributed by atoms with E-state index in [-0.39, 0.29) is 12.9 Å². The topological polar surface area (TPSA) is 72.8 Å². The van der Waals surface area contributed by atoms with Gasteiger partial charge in [0.05, 0.1) is 0 Å². The van der Waals surface area contributed by atoms with Crippen LogP contribution in [0.3, 0.4) is 0 Å². The molecule has 0 bridgehead atoms. The van der Waals surface area contributed by atoms with Crippen molar-refractivity contribution >= 4 is 12.9 Å². The lowest BCUT2D eigenvalue weighted by atomic mass is 11.2. The smallest absolute Gasteiger partial charge is 0.362 e. The molecule has 0 spiro atoms. The number of carbonyl (C=O) groups is 2. The zero-order valence-corrected chi connectivity index (χ0v) is 3.81. The Kier molecular flexibility index (Phi) is 3.51. The molecule has 0 aliphatic heterocycles. The second kappa shape index (κ2) is 4.07. The first kappa shape index (κ1) is 6.90. The van der Waals surface area contributed by atoms with Crippen molar-refractivity contribution in [1.82, 2.24) is 0 Å². The first-order valence-corrected chi connectivity index (χ1v) is 1.67. The van der Waals surface area contributed by atoms with Crippen LogP contribution >= 0.6 is 0 Å². The summed E-state index contributed by atoms with van der Waals surface area (Å²) in [6, 6.07) is 0. The van der Waals surface area contributed by atoms with E-state index >= 15 is 0 Å². The molecule has 0 radical (unpaired) electrons. The Morgan fingerprint density at radius 1 is 1.25 bits per heavy atom. The van der Waals surface area contributed by atoms with Gasteiger partial charge in [0.15, 0.2) is 0 Å².